The van der Waals surface area contributed by atoms with Gasteiger partial charge in [-0.25, -0.2) is 0 Å². The van der Waals surface area contributed by atoms with Crippen molar-refractivity contribution in [3.8, 4) is 11.5 Å². The van der Waals surface area contributed by atoms with Gasteiger partial charge in [0.25, 0.3) is 0 Å². The lowest BCUT2D eigenvalue weighted by molar-refractivity contribution is -0.147. The van der Waals surface area contributed by atoms with Gasteiger partial charge < -0.3 is 14.4 Å². The summed E-state index contributed by atoms with van der Waals surface area (Å²) in [6.45, 7) is 6.05. The molecule has 2 fully saturated rings. The molecule has 0 amide bonds. The summed E-state index contributed by atoms with van der Waals surface area (Å²) in [6.07, 6.45) is 0.786. The van der Waals surface area contributed by atoms with Gasteiger partial charge >= 0.3 is 6.18 Å². The number of aryl methyl sites for hydroxylation is 1. The van der Waals surface area contributed by atoms with Gasteiger partial charge in [-0.3, -0.25) is 9.88 Å². The minimum Gasteiger partial charge on any atom is -0.493 e. The number of nitrogens with zero attached hydrogens (tertiary/aromatic N) is 3. The standard InChI is InChI=1S/C25H34F3N3O2/c1-18-14-20(19-6-11-31(12-7-19)17-25(26,27)28)21-15-23(32-2)24(16-22(21)29-18)33-13-5-10-30-8-3-4-9-30/h14-16,19H,3-13,17H2,1-2H3. The Hall–Kier alpha value is -2.06. The molecule has 5 nitrogen and oxygen atoms in total. The van der Waals surface area contributed by atoms with E-state index in [2.05, 4.69) is 11.0 Å². The van der Waals surface area contributed by atoms with Gasteiger partial charge in [-0.1, -0.05) is 0 Å². The predicted molar refractivity (Wildman–Crippen MR) is 123 cm³/mol. The fourth-order valence-electron chi connectivity index (χ4n) is 5.14. The third-order valence-corrected chi connectivity index (χ3v) is 6.76. The first kappa shape index (κ1) is 24.1. The number of piperidine rings is 1. The summed E-state index contributed by atoms with van der Waals surface area (Å²) in [4.78, 5) is 8.69. The van der Waals surface area contributed by atoms with Gasteiger partial charge in [0.05, 0.1) is 25.8 Å². The van der Waals surface area contributed by atoms with E-state index in [0.29, 0.717) is 44.0 Å². The highest BCUT2D eigenvalue weighted by Crippen LogP contribution is 2.38. The Kier molecular flexibility index (Phi) is 7.64. The van der Waals surface area contributed by atoms with Crippen molar-refractivity contribution < 1.29 is 22.6 Å². The molecule has 0 radical (unpaired) electrons. The van der Waals surface area contributed by atoms with E-state index in [1.807, 2.05) is 19.1 Å². The number of halogens is 3. The van der Waals surface area contributed by atoms with Crippen LogP contribution in [0, 0.1) is 6.92 Å². The normalized spacial score (nSPS) is 18.8. The molecule has 33 heavy (non-hydrogen) atoms. The van der Waals surface area contributed by atoms with Crippen LogP contribution in [0.25, 0.3) is 10.9 Å². The number of hydrogen-bond donors (Lipinski definition) is 0. The summed E-state index contributed by atoms with van der Waals surface area (Å²) in [5.41, 5.74) is 2.89. The average Bonchev–Trinajstić information content (AvgIpc) is 3.28. The molecule has 0 saturated carbocycles. The number of hydrogen-bond acceptors (Lipinski definition) is 5. The topological polar surface area (TPSA) is 37.8 Å². The number of aromatic nitrogens is 1. The Bertz CT molecular complexity index is 937. The van der Waals surface area contributed by atoms with Crippen molar-refractivity contribution in [3.05, 3.63) is 29.5 Å². The second-order valence-electron chi connectivity index (χ2n) is 9.29. The molecule has 1 aromatic heterocycles. The molecule has 0 bridgehead atoms. The van der Waals surface area contributed by atoms with E-state index in [4.69, 9.17) is 14.5 Å². The van der Waals surface area contributed by atoms with Crippen LogP contribution in [0.2, 0.25) is 0 Å². The number of likely N-dealkylation sites (tertiary alicyclic amines) is 2. The van der Waals surface area contributed by atoms with Crippen LogP contribution in [0.5, 0.6) is 11.5 Å². The van der Waals surface area contributed by atoms with E-state index >= 15 is 0 Å². The first-order chi connectivity index (χ1) is 15.8. The van der Waals surface area contributed by atoms with Gasteiger partial charge in [0.2, 0.25) is 0 Å². The molecule has 0 unspecified atom stereocenters. The minimum absolute atomic E-state index is 0.204. The zero-order valence-electron chi connectivity index (χ0n) is 19.6. The summed E-state index contributed by atoms with van der Waals surface area (Å²) in [5, 5.41) is 0.996. The number of methoxy groups -OCH3 is 1. The molecule has 0 aliphatic carbocycles. The summed E-state index contributed by atoms with van der Waals surface area (Å²) in [7, 11) is 1.63. The van der Waals surface area contributed by atoms with Gasteiger partial charge in [-0.2, -0.15) is 13.2 Å². The zero-order chi connectivity index (χ0) is 23.4. The zero-order valence-corrected chi connectivity index (χ0v) is 19.6. The minimum atomic E-state index is -4.15. The Balaban J connectivity index is 1.48. The van der Waals surface area contributed by atoms with Crippen molar-refractivity contribution in [1.82, 2.24) is 14.8 Å². The molecule has 2 saturated heterocycles. The molecule has 0 N–H and O–H groups in total. The average molecular weight is 466 g/mol. The van der Waals surface area contributed by atoms with Crippen LogP contribution in [0.1, 0.15) is 49.3 Å². The van der Waals surface area contributed by atoms with Gasteiger partial charge in [-0.05, 0) is 88.8 Å². The third kappa shape index (κ3) is 6.29. The molecule has 4 rings (SSSR count). The van der Waals surface area contributed by atoms with Crippen LogP contribution in [0.4, 0.5) is 13.2 Å². The summed E-state index contributed by atoms with van der Waals surface area (Å²) < 4.78 is 50.0. The highest BCUT2D eigenvalue weighted by molar-refractivity contribution is 5.86. The van der Waals surface area contributed by atoms with Crippen LogP contribution in [-0.4, -0.2) is 73.9 Å². The largest absolute Gasteiger partial charge is 0.493 e. The highest BCUT2D eigenvalue weighted by atomic mass is 19.4. The lowest BCUT2D eigenvalue weighted by Crippen LogP contribution is -2.39. The van der Waals surface area contributed by atoms with Gasteiger partial charge in [-0.15, -0.1) is 0 Å². The van der Waals surface area contributed by atoms with Crippen LogP contribution in [-0.2, 0) is 0 Å². The second kappa shape index (κ2) is 10.5. The number of pyridine rings is 1. The maximum Gasteiger partial charge on any atom is 0.401 e. The van der Waals surface area contributed by atoms with Crippen molar-refractivity contribution in [3.63, 3.8) is 0 Å². The van der Waals surface area contributed by atoms with E-state index in [9.17, 15) is 13.2 Å². The van der Waals surface area contributed by atoms with E-state index in [-0.39, 0.29) is 5.92 Å². The van der Waals surface area contributed by atoms with Gasteiger partial charge in [0.15, 0.2) is 11.5 Å². The lowest BCUT2D eigenvalue weighted by Gasteiger charge is -2.33. The summed E-state index contributed by atoms with van der Waals surface area (Å²) >= 11 is 0. The predicted octanol–water partition coefficient (Wildman–Crippen LogP) is 5.16. The Morgan fingerprint density at radius 3 is 2.39 bits per heavy atom. The number of benzene rings is 1. The number of rotatable bonds is 8. The van der Waals surface area contributed by atoms with Crippen LogP contribution >= 0.6 is 0 Å². The molecule has 3 heterocycles. The second-order valence-corrected chi connectivity index (χ2v) is 9.29. The fourth-order valence-corrected chi connectivity index (χ4v) is 5.14. The molecule has 2 aromatic rings. The molecular weight excluding hydrogens is 431 g/mol. The molecular formula is C25H34F3N3O2. The third-order valence-electron chi connectivity index (χ3n) is 6.76. The van der Waals surface area contributed by atoms with E-state index in [1.165, 1.54) is 30.8 Å². The molecule has 182 valence electrons. The summed E-state index contributed by atoms with van der Waals surface area (Å²) in [5.74, 6) is 1.57. The number of ether oxygens (including phenoxy) is 2. The maximum atomic E-state index is 12.8. The SMILES string of the molecule is COc1cc2c(C3CCN(CC(F)(F)F)CC3)cc(C)nc2cc1OCCCN1CCCC1. The Morgan fingerprint density at radius 1 is 1.00 bits per heavy atom. The summed E-state index contributed by atoms with van der Waals surface area (Å²) in [6, 6.07) is 6.00. The van der Waals surface area contributed by atoms with Gasteiger partial charge in [0.1, 0.15) is 0 Å². The molecule has 2 aliphatic heterocycles. The first-order valence-corrected chi connectivity index (χ1v) is 12.0. The molecule has 2 aliphatic rings. The van der Waals surface area contributed by atoms with Gasteiger partial charge in [0, 0.05) is 23.7 Å². The van der Waals surface area contributed by atoms with Crippen LogP contribution < -0.4 is 9.47 Å². The van der Waals surface area contributed by atoms with Crippen molar-refractivity contribution in [1.29, 1.82) is 0 Å². The number of alkyl halides is 3. The molecule has 0 atom stereocenters. The van der Waals surface area contributed by atoms with Crippen LogP contribution in [0.3, 0.4) is 0 Å². The lowest BCUT2D eigenvalue weighted by atomic mass is 9.87. The first-order valence-electron chi connectivity index (χ1n) is 12.0. The molecule has 0 spiro atoms. The highest BCUT2D eigenvalue weighted by Gasteiger charge is 2.33. The fraction of sp³-hybridized carbons (Fsp3) is 0.640. The Labute approximate surface area is 193 Å². The van der Waals surface area contributed by atoms with Crippen molar-refractivity contribution >= 4 is 10.9 Å². The smallest absolute Gasteiger partial charge is 0.401 e. The van der Waals surface area contributed by atoms with Crippen molar-refractivity contribution in [2.24, 2.45) is 0 Å². The Morgan fingerprint density at radius 2 is 1.73 bits per heavy atom. The van der Waals surface area contributed by atoms with Crippen LogP contribution in [0.15, 0.2) is 18.2 Å². The van der Waals surface area contributed by atoms with E-state index < -0.39 is 12.7 Å². The van der Waals surface area contributed by atoms with E-state index in [1.54, 1.807) is 7.11 Å². The number of fused-ring (bicyclic) bond motifs is 1. The molecule has 1 aromatic carbocycles. The van der Waals surface area contributed by atoms with E-state index in [0.717, 1.165) is 35.1 Å². The van der Waals surface area contributed by atoms with Crippen molar-refractivity contribution in [2.75, 3.05) is 53.0 Å². The monoisotopic (exact) mass is 465 g/mol. The quantitative estimate of drug-likeness (QED) is 0.504. The van der Waals surface area contributed by atoms with Crippen molar-refractivity contribution in [2.45, 2.75) is 51.1 Å². The maximum absolute atomic E-state index is 12.8. The molecule has 8 heteroatoms.